The fourth-order valence-corrected chi connectivity index (χ4v) is 5.66. The van der Waals surface area contributed by atoms with Crippen molar-refractivity contribution in [3.05, 3.63) is 59.3 Å². The van der Waals surface area contributed by atoms with Crippen LogP contribution >= 0.6 is 0 Å². The molecule has 1 aromatic heterocycles. The summed E-state index contributed by atoms with van der Waals surface area (Å²) < 4.78 is 25.7. The molecule has 0 unspecified atom stereocenters. The van der Waals surface area contributed by atoms with Crippen molar-refractivity contribution in [1.29, 1.82) is 0 Å². The van der Waals surface area contributed by atoms with Gasteiger partial charge in [0.2, 0.25) is 5.91 Å². The maximum atomic E-state index is 14.6. The molecule has 2 aromatic rings. The topological polar surface area (TPSA) is 63.0 Å². The SMILES string of the molecule is Cc1occc1C(=O)N(C)[C@@H](Cc1ccccc1F)C1CCN(C(=O)[C@@H]2CCOC(C)(C)C2)CC1. The number of ether oxygens (including phenoxy) is 1. The van der Waals surface area contributed by atoms with E-state index in [0.29, 0.717) is 43.0 Å². The molecule has 2 amide bonds. The number of carbonyl (C=O) groups is 2. The molecular weight excluding hydrogens is 447 g/mol. The van der Waals surface area contributed by atoms with E-state index >= 15 is 0 Å². The number of hydrogen-bond donors (Lipinski definition) is 0. The minimum absolute atomic E-state index is 0.00201. The largest absolute Gasteiger partial charge is 0.469 e. The van der Waals surface area contributed by atoms with Crippen LogP contribution in [-0.2, 0) is 16.0 Å². The predicted molar refractivity (Wildman–Crippen MR) is 131 cm³/mol. The summed E-state index contributed by atoms with van der Waals surface area (Å²) >= 11 is 0. The summed E-state index contributed by atoms with van der Waals surface area (Å²) in [6, 6.07) is 8.26. The summed E-state index contributed by atoms with van der Waals surface area (Å²) in [6.07, 6.45) is 5.00. The van der Waals surface area contributed by atoms with Gasteiger partial charge in [-0.2, -0.15) is 0 Å². The molecule has 2 aliphatic rings. The Hall–Kier alpha value is -2.67. The minimum atomic E-state index is -0.268. The highest BCUT2D eigenvalue weighted by atomic mass is 19.1. The Balaban J connectivity index is 1.48. The van der Waals surface area contributed by atoms with Gasteiger partial charge in [0, 0.05) is 38.7 Å². The van der Waals surface area contributed by atoms with Crippen LogP contribution in [0.25, 0.3) is 0 Å². The van der Waals surface area contributed by atoms with Crippen molar-refractivity contribution in [1.82, 2.24) is 9.80 Å². The maximum Gasteiger partial charge on any atom is 0.257 e. The van der Waals surface area contributed by atoms with Crippen LogP contribution in [0.1, 0.15) is 61.2 Å². The molecule has 3 heterocycles. The first-order valence-electron chi connectivity index (χ1n) is 12.6. The van der Waals surface area contributed by atoms with E-state index in [9.17, 15) is 14.0 Å². The molecular formula is C28H37FN2O4. The van der Waals surface area contributed by atoms with Crippen molar-refractivity contribution >= 4 is 11.8 Å². The fraction of sp³-hybridized carbons (Fsp3) is 0.571. The standard InChI is InChI=1S/C28H37FN2O4/c1-19-23(12-15-34-19)27(33)30(4)25(17-21-7-5-6-8-24(21)29)20-9-13-31(14-10-20)26(32)22-11-16-35-28(2,3)18-22/h5-8,12,15,20,22,25H,9-11,13-14,16-18H2,1-4H3/t22-,25+/m1/s1. The lowest BCUT2D eigenvalue weighted by molar-refractivity contribution is -0.147. The molecule has 2 fully saturated rings. The predicted octanol–water partition coefficient (Wildman–Crippen LogP) is 4.85. The molecule has 0 radical (unpaired) electrons. The molecule has 0 aliphatic carbocycles. The van der Waals surface area contributed by atoms with Gasteiger partial charge in [0.1, 0.15) is 11.6 Å². The second-order valence-corrected chi connectivity index (χ2v) is 10.6. The molecule has 1 aromatic carbocycles. The first-order chi connectivity index (χ1) is 16.7. The molecule has 7 heteroatoms. The number of aryl methyl sites for hydroxylation is 1. The van der Waals surface area contributed by atoms with Gasteiger partial charge >= 0.3 is 0 Å². The summed E-state index contributed by atoms with van der Waals surface area (Å²) in [5.74, 6) is 0.562. The van der Waals surface area contributed by atoms with Crippen LogP contribution in [-0.4, -0.2) is 60.0 Å². The van der Waals surface area contributed by atoms with Crippen molar-refractivity contribution in [2.24, 2.45) is 11.8 Å². The Labute approximate surface area is 207 Å². The first-order valence-corrected chi connectivity index (χ1v) is 12.6. The molecule has 6 nitrogen and oxygen atoms in total. The van der Waals surface area contributed by atoms with Gasteiger partial charge in [-0.1, -0.05) is 18.2 Å². The highest BCUT2D eigenvalue weighted by molar-refractivity contribution is 5.95. The minimum Gasteiger partial charge on any atom is -0.469 e. The van der Waals surface area contributed by atoms with Gasteiger partial charge < -0.3 is 19.0 Å². The number of nitrogens with zero attached hydrogens (tertiary/aromatic N) is 2. The lowest BCUT2D eigenvalue weighted by atomic mass is 9.83. The molecule has 0 spiro atoms. The van der Waals surface area contributed by atoms with Crippen LogP contribution in [0.4, 0.5) is 4.39 Å². The molecule has 0 bridgehead atoms. The molecule has 4 rings (SSSR count). The van der Waals surface area contributed by atoms with Crippen molar-refractivity contribution in [3.63, 3.8) is 0 Å². The van der Waals surface area contributed by atoms with Crippen molar-refractivity contribution < 1.29 is 23.1 Å². The summed E-state index contributed by atoms with van der Waals surface area (Å²) in [6.45, 7) is 7.78. The molecule has 35 heavy (non-hydrogen) atoms. The zero-order valence-electron chi connectivity index (χ0n) is 21.3. The van der Waals surface area contributed by atoms with Crippen LogP contribution < -0.4 is 0 Å². The van der Waals surface area contributed by atoms with Gasteiger partial charge in [-0.25, -0.2) is 4.39 Å². The Kier molecular flexibility index (Phi) is 7.64. The number of amides is 2. The molecule has 0 saturated carbocycles. The van der Waals surface area contributed by atoms with Crippen molar-refractivity contribution in [2.45, 2.75) is 64.5 Å². The summed E-state index contributed by atoms with van der Waals surface area (Å²) in [5.41, 5.74) is 0.862. The average molecular weight is 485 g/mol. The van der Waals surface area contributed by atoms with E-state index in [-0.39, 0.29) is 41.1 Å². The Morgan fingerprint density at radius 3 is 2.51 bits per heavy atom. The van der Waals surface area contributed by atoms with Crippen LogP contribution in [0.2, 0.25) is 0 Å². The number of furan rings is 1. The van der Waals surface area contributed by atoms with E-state index in [1.54, 1.807) is 37.1 Å². The second kappa shape index (κ2) is 10.5. The van der Waals surface area contributed by atoms with Gasteiger partial charge in [-0.15, -0.1) is 0 Å². The number of halogens is 1. The fourth-order valence-electron chi connectivity index (χ4n) is 5.66. The first kappa shape index (κ1) is 25.4. The third-order valence-electron chi connectivity index (χ3n) is 7.74. The average Bonchev–Trinajstić information content (AvgIpc) is 3.27. The summed E-state index contributed by atoms with van der Waals surface area (Å²) in [5, 5.41) is 0. The van der Waals surface area contributed by atoms with E-state index in [1.165, 1.54) is 12.3 Å². The highest BCUT2D eigenvalue weighted by Gasteiger charge is 2.38. The maximum absolute atomic E-state index is 14.6. The summed E-state index contributed by atoms with van der Waals surface area (Å²) in [7, 11) is 1.79. The monoisotopic (exact) mass is 484 g/mol. The third-order valence-corrected chi connectivity index (χ3v) is 7.74. The van der Waals surface area contributed by atoms with E-state index < -0.39 is 0 Å². The van der Waals surface area contributed by atoms with Gasteiger partial charge in [0.05, 0.1) is 17.4 Å². The van der Waals surface area contributed by atoms with Gasteiger partial charge in [-0.05, 0) is 76.5 Å². The van der Waals surface area contributed by atoms with E-state index in [2.05, 4.69) is 0 Å². The molecule has 2 atom stereocenters. The Morgan fingerprint density at radius 2 is 1.89 bits per heavy atom. The van der Waals surface area contributed by atoms with E-state index in [4.69, 9.17) is 9.15 Å². The lowest BCUT2D eigenvalue weighted by Crippen LogP contribution is -2.50. The van der Waals surface area contributed by atoms with Gasteiger partial charge in [0.25, 0.3) is 5.91 Å². The smallest absolute Gasteiger partial charge is 0.257 e. The molecule has 190 valence electrons. The van der Waals surface area contributed by atoms with Gasteiger partial charge in [0.15, 0.2) is 0 Å². The number of piperidine rings is 1. The number of carbonyl (C=O) groups excluding carboxylic acids is 2. The Bertz CT molecular complexity index is 1040. The van der Waals surface area contributed by atoms with E-state index in [1.807, 2.05) is 24.8 Å². The molecule has 2 saturated heterocycles. The van der Waals surface area contributed by atoms with Crippen molar-refractivity contribution in [2.75, 3.05) is 26.7 Å². The quantitative estimate of drug-likeness (QED) is 0.588. The van der Waals surface area contributed by atoms with E-state index in [0.717, 1.165) is 25.7 Å². The second-order valence-electron chi connectivity index (χ2n) is 10.6. The Morgan fingerprint density at radius 1 is 1.17 bits per heavy atom. The number of rotatable bonds is 6. The normalized spacial score (nSPS) is 21.5. The van der Waals surface area contributed by atoms with Crippen molar-refractivity contribution in [3.8, 4) is 0 Å². The summed E-state index contributed by atoms with van der Waals surface area (Å²) in [4.78, 5) is 30.3. The zero-order chi connectivity index (χ0) is 25.2. The lowest BCUT2D eigenvalue weighted by Gasteiger charge is -2.42. The van der Waals surface area contributed by atoms with Crippen LogP contribution in [0, 0.1) is 24.6 Å². The van der Waals surface area contributed by atoms with Crippen LogP contribution in [0.15, 0.2) is 41.0 Å². The van der Waals surface area contributed by atoms with Gasteiger partial charge in [-0.3, -0.25) is 9.59 Å². The number of likely N-dealkylation sites (N-methyl/N-ethyl adjacent to an activating group) is 1. The van der Waals surface area contributed by atoms with Crippen LogP contribution in [0.5, 0.6) is 0 Å². The number of benzene rings is 1. The molecule has 2 aliphatic heterocycles. The highest BCUT2D eigenvalue weighted by Crippen LogP contribution is 2.33. The third kappa shape index (κ3) is 5.77. The zero-order valence-corrected chi connectivity index (χ0v) is 21.3. The number of hydrogen-bond acceptors (Lipinski definition) is 4. The number of likely N-dealkylation sites (tertiary alicyclic amines) is 1. The molecule has 0 N–H and O–H groups in total. The van der Waals surface area contributed by atoms with Crippen LogP contribution in [0.3, 0.4) is 0 Å².